The van der Waals surface area contributed by atoms with Crippen LogP contribution in [-0.2, 0) is 37.0 Å². The Kier molecular flexibility index (Phi) is 23.8. The fourth-order valence-corrected chi connectivity index (χ4v) is 37.6. The van der Waals surface area contributed by atoms with E-state index < -0.39 is 69.4 Å². The first kappa shape index (κ1) is 45.7. The summed E-state index contributed by atoms with van der Waals surface area (Å²) in [5.74, 6) is 0. The Bertz CT molecular complexity index is 589. The molecule has 0 aliphatic rings. The van der Waals surface area contributed by atoms with Crippen LogP contribution in [0.25, 0.3) is 0 Å². The van der Waals surface area contributed by atoms with Gasteiger partial charge in [-0.3, -0.25) is 0 Å². The molecule has 0 unspecified atom stereocenters. The summed E-state index contributed by atoms with van der Waals surface area (Å²) in [5.41, 5.74) is 0. The summed E-state index contributed by atoms with van der Waals surface area (Å²) >= 11 is 0. The molecule has 0 spiro atoms. The van der Waals surface area contributed by atoms with Crippen LogP contribution in [-0.4, -0.2) is 110 Å². The lowest BCUT2D eigenvalue weighted by atomic mass is 11.9. The number of hydrogen-bond acceptors (Lipinski definition) is 9. The Morgan fingerprint density at radius 1 is 0.436 bits per heavy atom. The SMILES string of the molecule is C[SiH2]O[Si](C)(C)O[Si](C)(C)O[SiH2]C.C[SiH](C)O[Si](C)(C)O[Si](C)(C)O[SiH](C)C.C[Si](C)(O[SiH3])O[Si](C)(C)O[SiH3]. The fourth-order valence-electron chi connectivity index (χ4n) is 3.80. The Morgan fingerprint density at radius 2 is 0.667 bits per heavy atom. The number of hydrogen-bond donors (Lipinski definition) is 0. The maximum atomic E-state index is 6.15. The summed E-state index contributed by atoms with van der Waals surface area (Å²) < 4.78 is 52.2. The Balaban J connectivity index is -0.000000505. The zero-order chi connectivity index (χ0) is 31.9. The van der Waals surface area contributed by atoms with Gasteiger partial charge in [0.2, 0.25) is 0 Å². The lowest BCUT2D eigenvalue weighted by Crippen LogP contribution is -2.51. The Labute approximate surface area is 263 Å². The van der Waals surface area contributed by atoms with E-state index in [1.54, 1.807) is 0 Å². The molecule has 0 bridgehead atoms. The molecule has 240 valence electrons. The van der Waals surface area contributed by atoms with E-state index in [-0.39, 0.29) is 19.5 Å². The van der Waals surface area contributed by atoms with Crippen LogP contribution < -0.4 is 0 Å². The van der Waals surface area contributed by atoms with Gasteiger partial charge in [0.05, 0.1) is 0 Å². The van der Waals surface area contributed by atoms with Crippen molar-refractivity contribution in [3.63, 3.8) is 0 Å². The maximum absolute atomic E-state index is 6.15. The first-order chi connectivity index (χ1) is 17.2. The minimum atomic E-state index is -1.95. The molecule has 0 aromatic carbocycles. The van der Waals surface area contributed by atoms with Crippen molar-refractivity contribution in [2.75, 3.05) is 0 Å². The van der Waals surface area contributed by atoms with Crippen LogP contribution in [0.5, 0.6) is 0 Å². The molecule has 0 amide bonds. The molecule has 0 saturated carbocycles. The van der Waals surface area contributed by atoms with Crippen LogP contribution in [0.3, 0.4) is 0 Å². The first-order valence-electron chi connectivity index (χ1n) is 14.0. The van der Waals surface area contributed by atoms with Gasteiger partial charge in [0, 0.05) is 0 Å². The summed E-state index contributed by atoms with van der Waals surface area (Å²) in [5, 5.41) is 0. The molecule has 9 nitrogen and oxygen atoms in total. The Morgan fingerprint density at radius 3 is 0.872 bits per heavy atom. The van der Waals surface area contributed by atoms with Gasteiger partial charge < -0.3 is 37.0 Å². The summed E-state index contributed by atoms with van der Waals surface area (Å²) in [6.45, 7) is 38.2. The van der Waals surface area contributed by atoms with Crippen molar-refractivity contribution in [2.24, 2.45) is 0 Å². The average Bonchev–Trinajstić information content (AvgIpc) is 2.64. The second-order valence-corrected chi connectivity index (χ2v) is 44.4. The zero-order valence-electron chi connectivity index (χ0n) is 29.2. The second kappa shape index (κ2) is 20.3. The summed E-state index contributed by atoms with van der Waals surface area (Å²) in [6, 6.07) is 0. The van der Waals surface area contributed by atoms with E-state index in [2.05, 4.69) is 118 Å². The molecule has 0 fully saturated rings. The highest BCUT2D eigenvalue weighted by atomic mass is 28.5. The first-order valence-corrected chi connectivity index (χ1v) is 42.1. The van der Waals surface area contributed by atoms with E-state index >= 15 is 0 Å². The van der Waals surface area contributed by atoms with Gasteiger partial charge in [-0.2, -0.15) is 0 Å². The average molecular weight is 764 g/mol. The van der Waals surface area contributed by atoms with Crippen molar-refractivity contribution < 1.29 is 37.0 Å². The van der Waals surface area contributed by atoms with Crippen molar-refractivity contribution >= 4 is 110 Å². The van der Waals surface area contributed by atoms with E-state index in [0.717, 1.165) is 21.0 Å². The van der Waals surface area contributed by atoms with E-state index in [0.29, 0.717) is 0 Å². The predicted octanol–water partition coefficient (Wildman–Crippen LogP) is 2.11. The van der Waals surface area contributed by atoms with Crippen molar-refractivity contribution in [2.45, 2.75) is 118 Å². The molecule has 0 aliphatic carbocycles. The smallest absolute Gasteiger partial charge is 0.312 e. The van der Waals surface area contributed by atoms with Gasteiger partial charge in [0.15, 0.2) is 18.1 Å². The largest absolute Gasteiger partial charge is 0.445 e. The van der Waals surface area contributed by atoms with Gasteiger partial charge >= 0.3 is 51.4 Å². The van der Waals surface area contributed by atoms with Crippen molar-refractivity contribution in [1.29, 1.82) is 0 Å². The van der Waals surface area contributed by atoms with Crippen LogP contribution >= 0.6 is 0 Å². The van der Waals surface area contributed by atoms with E-state index in [9.17, 15) is 0 Å². The van der Waals surface area contributed by atoms with Gasteiger partial charge in [-0.1, -0.05) is 13.1 Å². The minimum absolute atomic E-state index is 0.358. The monoisotopic (exact) mass is 762 g/mol. The highest BCUT2D eigenvalue weighted by molar-refractivity contribution is 6.84. The molecule has 0 heterocycles. The van der Waals surface area contributed by atoms with E-state index in [1.165, 1.54) is 0 Å². The third kappa shape index (κ3) is 30.1. The van der Waals surface area contributed by atoms with E-state index in [1.807, 2.05) is 0 Å². The molecule has 0 radical (unpaired) electrons. The normalized spacial score (nSPS) is 14.5. The van der Waals surface area contributed by atoms with Crippen LogP contribution in [0.4, 0.5) is 0 Å². The zero-order valence-corrected chi connectivity index (χ0v) is 44.4. The van der Waals surface area contributed by atoms with Crippen LogP contribution in [0.2, 0.25) is 118 Å². The lowest BCUT2D eigenvalue weighted by molar-refractivity contribution is 0.339. The van der Waals surface area contributed by atoms with E-state index in [4.69, 9.17) is 37.0 Å². The highest BCUT2D eigenvalue weighted by Gasteiger charge is 2.37. The van der Waals surface area contributed by atoms with Gasteiger partial charge in [-0.15, -0.1) is 0 Å². The molecular formula is C18H66O9Si12. The van der Waals surface area contributed by atoms with Crippen molar-refractivity contribution in [1.82, 2.24) is 0 Å². The molecule has 0 rings (SSSR count). The van der Waals surface area contributed by atoms with Gasteiger partial charge in [-0.05, 0) is 105 Å². The molecule has 0 aromatic rings. The van der Waals surface area contributed by atoms with Crippen LogP contribution in [0, 0.1) is 0 Å². The molecule has 0 aliphatic heterocycles. The topological polar surface area (TPSA) is 83.1 Å². The third-order valence-corrected chi connectivity index (χ3v) is 40.3. The van der Waals surface area contributed by atoms with Crippen molar-refractivity contribution in [3.05, 3.63) is 0 Å². The number of rotatable bonds is 16. The molecule has 0 N–H and O–H groups in total. The fraction of sp³-hybridized carbons (Fsp3) is 1.00. The molecule has 0 atom stereocenters. The standard InChI is InChI=1S/C8H26O3Si4.C6H22O3Si4.C4H18O3Si4/c1-12(2)9-14(5,6)11-15(7,8)10-13(3)4;1-10-7-12(3,4)9-13(5,6)8-11-2;1-10(2,5-8)7-11(3,4)6-9/h12-13H,1-8H3;10-11H2,1-6H3;1-4,8-9H3. The molecule has 0 aromatic heterocycles. The van der Waals surface area contributed by atoms with Crippen LogP contribution in [0.15, 0.2) is 0 Å². The van der Waals surface area contributed by atoms with Gasteiger partial charge in [0.25, 0.3) is 0 Å². The second-order valence-electron chi connectivity index (χ2n) is 12.3. The Hall–Kier alpha value is 2.24. The third-order valence-electron chi connectivity index (χ3n) is 4.48. The lowest BCUT2D eigenvalue weighted by Gasteiger charge is -2.35. The van der Waals surface area contributed by atoms with Crippen molar-refractivity contribution in [3.8, 4) is 0 Å². The summed E-state index contributed by atoms with van der Waals surface area (Å²) in [6.07, 6.45) is 0. The summed E-state index contributed by atoms with van der Waals surface area (Å²) in [7, 11) is -12.4. The van der Waals surface area contributed by atoms with Gasteiger partial charge in [-0.25, -0.2) is 0 Å². The molecule has 39 heavy (non-hydrogen) atoms. The quantitative estimate of drug-likeness (QED) is 0.220. The highest BCUT2D eigenvalue weighted by Crippen LogP contribution is 2.19. The maximum Gasteiger partial charge on any atom is 0.312 e. The summed E-state index contributed by atoms with van der Waals surface area (Å²) in [4.78, 5) is 0. The molecule has 21 heteroatoms. The molecular weight excluding hydrogens is 697 g/mol. The van der Waals surface area contributed by atoms with Gasteiger partial charge in [0.1, 0.15) is 40.5 Å². The predicted molar refractivity (Wildman–Crippen MR) is 201 cm³/mol. The minimum Gasteiger partial charge on any atom is -0.445 e. The van der Waals surface area contributed by atoms with Crippen LogP contribution in [0.1, 0.15) is 0 Å². The molecule has 0 saturated heterocycles.